The van der Waals surface area contributed by atoms with Crippen molar-refractivity contribution in [2.45, 2.75) is 6.92 Å². The highest BCUT2D eigenvalue weighted by atomic mass is 16.5. The fraction of sp³-hybridized carbons (Fsp3) is 0.250. The van der Waals surface area contributed by atoms with Gasteiger partial charge in [0.1, 0.15) is 5.58 Å². The monoisotopic (exact) mass is 219 g/mol. The molecule has 4 heteroatoms. The molecule has 0 saturated heterocycles. The van der Waals surface area contributed by atoms with Crippen LogP contribution in [0.25, 0.3) is 11.0 Å². The molecule has 1 heterocycles. The van der Waals surface area contributed by atoms with Crippen LogP contribution in [0, 0.1) is 0 Å². The van der Waals surface area contributed by atoms with Crippen LogP contribution in [0.15, 0.2) is 28.7 Å². The first-order chi connectivity index (χ1) is 7.77. The third-order valence-corrected chi connectivity index (χ3v) is 2.31. The van der Waals surface area contributed by atoms with Crippen LogP contribution in [0.1, 0.15) is 17.5 Å². The molecule has 0 bridgehead atoms. The standard InChI is InChI=1S/C12H13NO3/c1-3-15-12(14)11-10(13-2)8-6-4-5-7-9(8)16-11/h4-7,13H,3H2,1-2H3. The predicted octanol–water partition coefficient (Wildman–Crippen LogP) is 2.65. The van der Waals surface area contributed by atoms with E-state index in [-0.39, 0.29) is 5.76 Å². The number of benzene rings is 1. The third kappa shape index (κ3) is 1.62. The molecule has 16 heavy (non-hydrogen) atoms. The van der Waals surface area contributed by atoms with Crippen LogP contribution >= 0.6 is 0 Å². The molecule has 1 aromatic carbocycles. The Morgan fingerprint density at radius 3 is 2.88 bits per heavy atom. The second-order valence-corrected chi connectivity index (χ2v) is 3.27. The lowest BCUT2D eigenvalue weighted by molar-refractivity contribution is 0.0494. The molecule has 2 aromatic rings. The van der Waals surface area contributed by atoms with Gasteiger partial charge in [0.25, 0.3) is 0 Å². The highest BCUT2D eigenvalue weighted by Crippen LogP contribution is 2.30. The number of esters is 1. The molecule has 0 aliphatic carbocycles. The summed E-state index contributed by atoms with van der Waals surface area (Å²) in [4.78, 5) is 11.6. The van der Waals surface area contributed by atoms with Crippen LogP contribution in [0.5, 0.6) is 0 Å². The highest BCUT2D eigenvalue weighted by Gasteiger charge is 2.20. The van der Waals surface area contributed by atoms with Crippen molar-refractivity contribution in [2.75, 3.05) is 19.0 Å². The van der Waals surface area contributed by atoms with Crippen molar-refractivity contribution >= 4 is 22.6 Å². The van der Waals surface area contributed by atoms with E-state index in [2.05, 4.69) is 5.32 Å². The number of carbonyl (C=O) groups is 1. The molecule has 0 unspecified atom stereocenters. The first kappa shape index (κ1) is 10.5. The zero-order valence-electron chi connectivity index (χ0n) is 9.24. The quantitative estimate of drug-likeness (QED) is 0.806. The summed E-state index contributed by atoms with van der Waals surface area (Å²) in [7, 11) is 1.75. The molecule has 0 saturated carbocycles. The lowest BCUT2D eigenvalue weighted by atomic mass is 10.2. The van der Waals surface area contributed by atoms with E-state index >= 15 is 0 Å². The van der Waals surface area contributed by atoms with Gasteiger partial charge in [0.05, 0.1) is 12.3 Å². The van der Waals surface area contributed by atoms with E-state index in [1.165, 1.54) is 0 Å². The number of ether oxygens (including phenoxy) is 1. The third-order valence-electron chi connectivity index (χ3n) is 2.31. The van der Waals surface area contributed by atoms with Gasteiger partial charge in [0.15, 0.2) is 0 Å². The molecule has 0 radical (unpaired) electrons. The Kier molecular flexibility index (Phi) is 2.81. The summed E-state index contributed by atoms with van der Waals surface area (Å²) >= 11 is 0. The molecule has 0 spiro atoms. The summed E-state index contributed by atoms with van der Waals surface area (Å²) in [5.41, 5.74) is 1.35. The van der Waals surface area contributed by atoms with Crippen molar-refractivity contribution < 1.29 is 13.9 Å². The predicted molar refractivity (Wildman–Crippen MR) is 61.7 cm³/mol. The van der Waals surface area contributed by atoms with Crippen molar-refractivity contribution in [3.8, 4) is 0 Å². The van der Waals surface area contributed by atoms with E-state index in [1.54, 1.807) is 14.0 Å². The average molecular weight is 219 g/mol. The summed E-state index contributed by atoms with van der Waals surface area (Å²) in [6, 6.07) is 7.47. The van der Waals surface area contributed by atoms with E-state index in [0.29, 0.717) is 17.9 Å². The lowest BCUT2D eigenvalue weighted by Crippen LogP contribution is -2.05. The molecule has 0 aliphatic heterocycles. The molecule has 1 N–H and O–H groups in total. The minimum atomic E-state index is -0.442. The molecule has 84 valence electrons. The number of fused-ring (bicyclic) bond motifs is 1. The molecule has 0 amide bonds. The average Bonchev–Trinajstić information content (AvgIpc) is 2.67. The molecular weight excluding hydrogens is 206 g/mol. The van der Waals surface area contributed by atoms with Gasteiger partial charge in [0.2, 0.25) is 5.76 Å². The number of nitrogens with one attached hydrogen (secondary N) is 1. The van der Waals surface area contributed by atoms with Crippen molar-refractivity contribution in [3.63, 3.8) is 0 Å². The first-order valence-electron chi connectivity index (χ1n) is 5.14. The maximum Gasteiger partial charge on any atom is 0.376 e. The van der Waals surface area contributed by atoms with Gasteiger partial charge in [0, 0.05) is 12.4 Å². The van der Waals surface area contributed by atoms with E-state index in [9.17, 15) is 4.79 Å². The Morgan fingerprint density at radius 2 is 2.19 bits per heavy atom. The van der Waals surface area contributed by atoms with Gasteiger partial charge < -0.3 is 14.5 Å². The smallest absolute Gasteiger partial charge is 0.376 e. The fourth-order valence-corrected chi connectivity index (χ4v) is 1.63. The summed E-state index contributed by atoms with van der Waals surface area (Å²) in [5.74, 6) is -0.214. The Labute approximate surface area is 93.2 Å². The molecule has 4 nitrogen and oxygen atoms in total. The van der Waals surface area contributed by atoms with Gasteiger partial charge in [-0.05, 0) is 19.1 Å². The number of para-hydroxylation sites is 1. The lowest BCUT2D eigenvalue weighted by Gasteiger charge is -2.01. The maximum absolute atomic E-state index is 11.6. The molecule has 2 rings (SSSR count). The summed E-state index contributed by atoms with van der Waals surface area (Å²) < 4.78 is 10.4. The molecular formula is C12H13NO3. The second-order valence-electron chi connectivity index (χ2n) is 3.27. The Morgan fingerprint density at radius 1 is 1.44 bits per heavy atom. The fourth-order valence-electron chi connectivity index (χ4n) is 1.63. The molecule has 1 aromatic heterocycles. The van der Waals surface area contributed by atoms with Gasteiger partial charge in [-0.15, -0.1) is 0 Å². The number of furan rings is 1. The second kappa shape index (κ2) is 4.26. The summed E-state index contributed by atoms with van der Waals surface area (Å²) in [6.07, 6.45) is 0. The number of hydrogen-bond donors (Lipinski definition) is 1. The minimum absolute atomic E-state index is 0.227. The normalized spacial score (nSPS) is 10.4. The minimum Gasteiger partial charge on any atom is -0.460 e. The van der Waals surface area contributed by atoms with Crippen LogP contribution < -0.4 is 5.32 Å². The van der Waals surface area contributed by atoms with Gasteiger partial charge in [-0.2, -0.15) is 0 Å². The van der Waals surface area contributed by atoms with Crippen molar-refractivity contribution in [3.05, 3.63) is 30.0 Å². The Hall–Kier alpha value is -1.97. The molecule has 0 fully saturated rings. The van der Waals surface area contributed by atoms with Gasteiger partial charge in [-0.25, -0.2) is 4.79 Å². The van der Waals surface area contributed by atoms with E-state index in [1.807, 2.05) is 24.3 Å². The zero-order valence-corrected chi connectivity index (χ0v) is 9.24. The van der Waals surface area contributed by atoms with Crippen molar-refractivity contribution in [1.82, 2.24) is 0 Å². The largest absolute Gasteiger partial charge is 0.460 e. The first-order valence-corrected chi connectivity index (χ1v) is 5.14. The molecule has 0 atom stereocenters. The number of hydrogen-bond acceptors (Lipinski definition) is 4. The van der Waals surface area contributed by atoms with Crippen molar-refractivity contribution in [2.24, 2.45) is 0 Å². The van der Waals surface area contributed by atoms with Crippen LogP contribution in [-0.4, -0.2) is 19.6 Å². The van der Waals surface area contributed by atoms with Crippen molar-refractivity contribution in [1.29, 1.82) is 0 Å². The number of rotatable bonds is 3. The van der Waals surface area contributed by atoms with Crippen LogP contribution in [0.3, 0.4) is 0 Å². The van der Waals surface area contributed by atoms with Gasteiger partial charge >= 0.3 is 5.97 Å². The van der Waals surface area contributed by atoms with Gasteiger partial charge in [-0.3, -0.25) is 0 Å². The number of anilines is 1. The molecule has 0 aliphatic rings. The Balaban J connectivity index is 2.56. The van der Waals surface area contributed by atoms with E-state index in [0.717, 1.165) is 5.39 Å². The zero-order chi connectivity index (χ0) is 11.5. The van der Waals surface area contributed by atoms with Crippen LogP contribution in [-0.2, 0) is 4.74 Å². The summed E-state index contributed by atoms with van der Waals surface area (Å²) in [6.45, 7) is 2.10. The van der Waals surface area contributed by atoms with Gasteiger partial charge in [-0.1, -0.05) is 12.1 Å². The maximum atomic E-state index is 11.6. The summed E-state index contributed by atoms with van der Waals surface area (Å²) in [5, 5.41) is 3.85. The van der Waals surface area contributed by atoms with Crippen LogP contribution in [0.4, 0.5) is 5.69 Å². The van der Waals surface area contributed by atoms with E-state index in [4.69, 9.17) is 9.15 Å². The topological polar surface area (TPSA) is 51.5 Å². The SMILES string of the molecule is CCOC(=O)c1oc2ccccc2c1NC. The number of carbonyl (C=O) groups excluding carboxylic acids is 1. The highest BCUT2D eigenvalue weighted by molar-refractivity contribution is 6.04. The Bertz CT molecular complexity index is 516. The van der Waals surface area contributed by atoms with Crippen LogP contribution in [0.2, 0.25) is 0 Å². The van der Waals surface area contributed by atoms with E-state index < -0.39 is 5.97 Å².